The summed E-state index contributed by atoms with van der Waals surface area (Å²) in [6.07, 6.45) is 0. The number of rotatable bonds is 7. The summed E-state index contributed by atoms with van der Waals surface area (Å²) in [5.74, 6) is -0.427. The van der Waals surface area contributed by atoms with E-state index in [-0.39, 0.29) is 5.04 Å². The molecule has 0 aliphatic heterocycles. The van der Waals surface area contributed by atoms with Gasteiger partial charge in [0.2, 0.25) is 0 Å². The molecule has 0 aromatic heterocycles. The van der Waals surface area contributed by atoms with Gasteiger partial charge < -0.3 is 4.74 Å². The van der Waals surface area contributed by atoms with Crippen LogP contribution in [0.5, 0.6) is 0 Å². The molecule has 0 aliphatic carbocycles. The summed E-state index contributed by atoms with van der Waals surface area (Å²) in [7, 11) is 3.81. The summed E-state index contributed by atoms with van der Waals surface area (Å²) < 4.78 is 6.83. The van der Waals surface area contributed by atoms with Gasteiger partial charge in [0.05, 0.1) is 12.8 Å². The molecule has 37 heavy (non-hydrogen) atoms. The van der Waals surface area contributed by atoms with Crippen molar-refractivity contribution in [3.8, 4) is 6.07 Å². The van der Waals surface area contributed by atoms with Crippen LogP contribution < -0.4 is 15.9 Å². The van der Waals surface area contributed by atoms with E-state index in [1.165, 1.54) is 28.7 Å². The largest absolute Gasteiger partial charge is 0.465 e. The predicted octanol–water partition coefficient (Wildman–Crippen LogP) is 6.68. The highest BCUT2D eigenvalue weighted by Crippen LogP contribution is 2.51. The molecule has 0 spiro atoms. The number of esters is 1. The Balaban J connectivity index is 1.99. The lowest BCUT2D eigenvalue weighted by Gasteiger charge is -2.31. The van der Waals surface area contributed by atoms with E-state index in [4.69, 9.17) is 4.74 Å². The van der Waals surface area contributed by atoms with Gasteiger partial charge in [0.25, 0.3) is 0 Å². The van der Waals surface area contributed by atoms with Crippen LogP contribution >= 0.6 is 44.4 Å². The highest BCUT2D eigenvalue weighted by molar-refractivity contribution is 9.10. The first kappa shape index (κ1) is 27.0. The van der Waals surface area contributed by atoms with Crippen LogP contribution in [0.1, 0.15) is 0 Å². The standard InChI is InChI=1S/C29H22BrN2O2PS2/c1-34-28(33)29(37-36-27(21-31)32-23-19-17-22(30)18-20-23)35(24-11-5-2-6-12-24,25-13-7-3-8-14-25)26-15-9-4-10-16-26/h2-20H,1H3. The molecule has 184 valence electrons. The molecule has 8 heteroatoms. The fourth-order valence-electron chi connectivity index (χ4n) is 3.84. The Hall–Kier alpha value is -3.01. The van der Waals surface area contributed by atoms with Crippen LogP contribution in [0.25, 0.3) is 0 Å². The number of benzene rings is 4. The number of halogens is 1. The molecule has 4 aromatic carbocycles. The Morgan fingerprint density at radius 2 is 1.24 bits per heavy atom. The summed E-state index contributed by atoms with van der Waals surface area (Å²) in [6.45, 7) is -2.68. The van der Waals surface area contributed by atoms with Crippen LogP contribution in [0.4, 0.5) is 5.69 Å². The van der Waals surface area contributed by atoms with E-state index in [0.717, 1.165) is 20.4 Å². The molecule has 0 N–H and O–H groups in total. The summed E-state index contributed by atoms with van der Waals surface area (Å²) in [5, 5.41) is 13.2. The van der Waals surface area contributed by atoms with Crippen molar-refractivity contribution >= 4 is 81.6 Å². The molecule has 0 unspecified atom stereocenters. The van der Waals surface area contributed by atoms with Gasteiger partial charge >= 0.3 is 5.97 Å². The molecular weight excluding hydrogens is 583 g/mol. The summed E-state index contributed by atoms with van der Waals surface area (Å²) in [6, 6.07) is 39.7. The zero-order valence-corrected chi connectivity index (χ0v) is 23.9. The van der Waals surface area contributed by atoms with E-state index in [0.29, 0.717) is 10.3 Å². The predicted molar refractivity (Wildman–Crippen MR) is 164 cm³/mol. The van der Waals surface area contributed by atoms with Gasteiger partial charge in [-0.15, -0.1) is 0 Å². The first-order chi connectivity index (χ1) is 18.1. The third kappa shape index (κ3) is 6.11. The van der Waals surface area contributed by atoms with Crippen molar-refractivity contribution in [1.29, 1.82) is 5.26 Å². The molecule has 0 bridgehead atoms. The van der Waals surface area contributed by atoms with Gasteiger partial charge in [-0.2, -0.15) is 5.26 Å². The van der Waals surface area contributed by atoms with Crippen molar-refractivity contribution in [1.82, 2.24) is 0 Å². The molecule has 0 atom stereocenters. The molecule has 0 fully saturated rings. The second kappa shape index (κ2) is 13.0. The van der Waals surface area contributed by atoms with E-state index in [2.05, 4.69) is 63.4 Å². The quantitative estimate of drug-likeness (QED) is 0.0774. The Bertz CT molecular complexity index is 1380. The number of nitrogens with zero attached hydrogens (tertiary/aromatic N) is 2. The molecule has 4 nitrogen and oxygen atoms in total. The molecule has 4 aromatic rings. The van der Waals surface area contributed by atoms with Crippen molar-refractivity contribution in [2.24, 2.45) is 4.99 Å². The second-order valence-electron chi connectivity index (χ2n) is 7.65. The number of hydrogen-bond donors (Lipinski definition) is 0. The van der Waals surface area contributed by atoms with Crippen LogP contribution in [0.2, 0.25) is 0 Å². The number of carbonyl (C=O) groups is 1. The van der Waals surface area contributed by atoms with Crippen molar-refractivity contribution in [2.45, 2.75) is 0 Å². The maximum Gasteiger partial charge on any atom is 0.346 e. The number of ether oxygens (including phenoxy) is 1. The van der Waals surface area contributed by atoms with Gasteiger partial charge in [-0.1, -0.05) is 107 Å². The minimum absolute atomic E-state index is 0.237. The van der Waals surface area contributed by atoms with Crippen LogP contribution in [0.3, 0.4) is 0 Å². The molecule has 4 rings (SSSR count). The van der Waals surface area contributed by atoms with E-state index in [1.807, 2.05) is 78.9 Å². The van der Waals surface area contributed by atoms with E-state index < -0.39 is 12.9 Å². The zero-order chi connectivity index (χ0) is 26.1. The highest BCUT2D eigenvalue weighted by atomic mass is 79.9. The Morgan fingerprint density at radius 1 is 0.784 bits per heavy atom. The monoisotopic (exact) mass is 604 g/mol. The normalized spacial score (nSPS) is 11.4. The van der Waals surface area contributed by atoms with Crippen molar-refractivity contribution in [2.75, 3.05) is 7.11 Å². The highest BCUT2D eigenvalue weighted by Gasteiger charge is 2.34. The smallest absolute Gasteiger partial charge is 0.346 e. The minimum atomic E-state index is -2.68. The fourth-order valence-corrected chi connectivity index (χ4v) is 12.1. The Labute approximate surface area is 233 Å². The van der Waals surface area contributed by atoms with Gasteiger partial charge in [0.15, 0.2) is 5.04 Å². The van der Waals surface area contributed by atoms with Crippen LogP contribution in [-0.2, 0) is 9.53 Å². The Kier molecular flexibility index (Phi) is 9.49. The molecule has 0 amide bonds. The SMILES string of the molecule is COC(=O)C(SSC(C#N)=Nc1ccc(Br)cc1)=P(c1ccccc1)(c1ccccc1)c1ccccc1. The maximum absolute atomic E-state index is 13.6. The average molecular weight is 606 g/mol. The first-order valence-electron chi connectivity index (χ1n) is 11.2. The number of carbonyl (C=O) groups excluding carboxylic acids is 1. The van der Waals surface area contributed by atoms with E-state index in [9.17, 15) is 10.1 Å². The van der Waals surface area contributed by atoms with Crippen molar-refractivity contribution in [3.63, 3.8) is 0 Å². The minimum Gasteiger partial charge on any atom is -0.465 e. The lowest BCUT2D eigenvalue weighted by molar-refractivity contribution is -0.132. The van der Waals surface area contributed by atoms with Crippen LogP contribution in [0.15, 0.2) is 125 Å². The molecule has 0 saturated heterocycles. The lowest BCUT2D eigenvalue weighted by atomic mass is 10.3. The van der Waals surface area contributed by atoms with Crippen molar-refractivity contribution in [3.05, 3.63) is 120 Å². The van der Waals surface area contributed by atoms with E-state index >= 15 is 0 Å². The molecule has 0 aliphatic rings. The van der Waals surface area contributed by atoms with Crippen LogP contribution in [0, 0.1) is 11.3 Å². The molecule has 0 saturated carbocycles. The summed E-state index contributed by atoms with van der Waals surface area (Å²) in [4.78, 5) is 18.1. The number of aliphatic imine (C=N–C) groups is 1. The summed E-state index contributed by atoms with van der Waals surface area (Å²) >= 11 is 3.42. The Morgan fingerprint density at radius 3 is 1.65 bits per heavy atom. The molecule has 0 heterocycles. The van der Waals surface area contributed by atoms with Crippen molar-refractivity contribution < 1.29 is 9.53 Å². The lowest BCUT2D eigenvalue weighted by Crippen LogP contribution is -2.32. The second-order valence-corrected chi connectivity index (χ2v) is 14.3. The number of hydrogen-bond acceptors (Lipinski definition) is 6. The van der Waals surface area contributed by atoms with Gasteiger partial charge in [0, 0.05) is 4.47 Å². The van der Waals surface area contributed by atoms with E-state index in [1.54, 1.807) is 0 Å². The maximum atomic E-state index is 13.6. The average Bonchev–Trinajstić information content (AvgIpc) is 2.96. The van der Waals surface area contributed by atoms with Gasteiger partial charge in [-0.3, -0.25) is 0 Å². The fraction of sp³-hybridized carbons (Fsp3) is 0.0345. The summed E-state index contributed by atoms with van der Waals surface area (Å²) in [5.41, 5.74) is 0.655. The molecular formula is C29H22BrN2O2PS2. The third-order valence-electron chi connectivity index (χ3n) is 5.45. The van der Waals surface area contributed by atoms with Gasteiger partial charge in [0.1, 0.15) is 10.7 Å². The van der Waals surface area contributed by atoms with Gasteiger partial charge in [-0.25, -0.2) is 9.79 Å². The van der Waals surface area contributed by atoms with Gasteiger partial charge in [-0.05, 0) is 68.7 Å². The first-order valence-corrected chi connectivity index (χ1v) is 15.9. The van der Waals surface area contributed by atoms with Crippen LogP contribution in [-0.4, -0.2) is 22.7 Å². The molecule has 0 radical (unpaired) electrons. The number of nitriles is 1. The zero-order valence-electron chi connectivity index (χ0n) is 19.8. The number of methoxy groups -OCH3 is 1. The third-order valence-corrected chi connectivity index (χ3v) is 13.4. The topological polar surface area (TPSA) is 62.5 Å².